The monoisotopic (exact) mass is 322 g/mol. The number of benzene rings is 1. The number of aliphatic hydroxyl groups excluding tert-OH is 1. The minimum Gasteiger partial charge on any atom is -0.382 e. The third kappa shape index (κ3) is 2.90. The standard InChI is InChI=1S/C15H19BrN2O/c1-4-7-18-14(13(16)9-17-18)15(19)12-6-5-10(2)11(3)8-12/h5-6,8-9,15,19H,4,7H2,1-3H3. The second kappa shape index (κ2) is 5.88. The van der Waals surface area contributed by atoms with Gasteiger partial charge in [0.1, 0.15) is 6.10 Å². The van der Waals surface area contributed by atoms with Crippen LogP contribution in [0.15, 0.2) is 28.9 Å². The number of hydrogen-bond donors (Lipinski definition) is 1. The van der Waals surface area contributed by atoms with Crippen LogP contribution in [0.25, 0.3) is 0 Å². The molecule has 4 heteroatoms. The van der Waals surface area contributed by atoms with Gasteiger partial charge in [-0.1, -0.05) is 25.1 Å². The van der Waals surface area contributed by atoms with Crippen LogP contribution in [-0.2, 0) is 6.54 Å². The van der Waals surface area contributed by atoms with E-state index < -0.39 is 6.10 Å². The first-order valence-corrected chi connectivity index (χ1v) is 7.30. The number of rotatable bonds is 4. The van der Waals surface area contributed by atoms with Crippen LogP contribution in [0, 0.1) is 13.8 Å². The fraction of sp³-hybridized carbons (Fsp3) is 0.400. The molecule has 2 aromatic rings. The maximum absolute atomic E-state index is 10.6. The molecule has 1 aromatic carbocycles. The zero-order valence-electron chi connectivity index (χ0n) is 11.5. The van der Waals surface area contributed by atoms with Crippen molar-refractivity contribution in [3.63, 3.8) is 0 Å². The Morgan fingerprint density at radius 2 is 2.05 bits per heavy atom. The van der Waals surface area contributed by atoms with E-state index in [0.29, 0.717) is 0 Å². The Morgan fingerprint density at radius 1 is 1.32 bits per heavy atom. The highest BCUT2D eigenvalue weighted by molar-refractivity contribution is 9.10. The fourth-order valence-corrected chi connectivity index (χ4v) is 2.64. The van der Waals surface area contributed by atoms with Gasteiger partial charge in [-0.05, 0) is 52.9 Å². The van der Waals surface area contributed by atoms with Crippen molar-refractivity contribution in [3.8, 4) is 0 Å². The highest BCUT2D eigenvalue weighted by Crippen LogP contribution is 2.29. The summed E-state index contributed by atoms with van der Waals surface area (Å²) in [6, 6.07) is 6.06. The van der Waals surface area contributed by atoms with Crippen molar-refractivity contribution in [3.05, 3.63) is 51.3 Å². The third-order valence-electron chi connectivity index (χ3n) is 3.37. The van der Waals surface area contributed by atoms with Crippen LogP contribution in [0.1, 0.15) is 41.8 Å². The van der Waals surface area contributed by atoms with Gasteiger partial charge in [-0.25, -0.2) is 0 Å². The summed E-state index contributed by atoms with van der Waals surface area (Å²) in [6.45, 7) is 7.04. The average molecular weight is 323 g/mol. The lowest BCUT2D eigenvalue weighted by molar-refractivity contribution is 0.206. The highest BCUT2D eigenvalue weighted by atomic mass is 79.9. The lowest BCUT2D eigenvalue weighted by Crippen LogP contribution is -2.11. The molecule has 0 saturated heterocycles. The van der Waals surface area contributed by atoms with E-state index in [2.05, 4.69) is 41.8 Å². The molecule has 0 amide bonds. The Bertz CT molecular complexity index is 578. The Morgan fingerprint density at radius 3 is 2.68 bits per heavy atom. The number of nitrogens with zero attached hydrogens (tertiary/aromatic N) is 2. The molecule has 1 unspecified atom stereocenters. The Balaban J connectivity index is 2.40. The molecule has 1 N–H and O–H groups in total. The van der Waals surface area contributed by atoms with Gasteiger partial charge in [-0.15, -0.1) is 0 Å². The lowest BCUT2D eigenvalue weighted by Gasteiger charge is -2.15. The van der Waals surface area contributed by atoms with Gasteiger partial charge in [0.2, 0.25) is 0 Å². The summed E-state index contributed by atoms with van der Waals surface area (Å²) < 4.78 is 2.72. The predicted octanol–water partition coefficient (Wildman–Crippen LogP) is 3.75. The minimum absolute atomic E-state index is 0.650. The second-order valence-corrected chi connectivity index (χ2v) is 5.70. The molecule has 0 saturated carbocycles. The largest absolute Gasteiger partial charge is 0.382 e. The number of hydrogen-bond acceptors (Lipinski definition) is 2. The van der Waals surface area contributed by atoms with Crippen LogP contribution >= 0.6 is 15.9 Å². The smallest absolute Gasteiger partial charge is 0.122 e. The van der Waals surface area contributed by atoms with Gasteiger partial charge in [0.25, 0.3) is 0 Å². The van der Waals surface area contributed by atoms with E-state index in [4.69, 9.17) is 0 Å². The van der Waals surface area contributed by atoms with Crippen LogP contribution in [0.3, 0.4) is 0 Å². The summed E-state index contributed by atoms with van der Waals surface area (Å²) in [7, 11) is 0. The minimum atomic E-state index is -0.650. The summed E-state index contributed by atoms with van der Waals surface area (Å²) in [5.41, 5.74) is 4.15. The maximum Gasteiger partial charge on any atom is 0.122 e. The Hall–Kier alpha value is -1.13. The summed E-state index contributed by atoms with van der Waals surface area (Å²) in [6.07, 6.45) is 2.08. The quantitative estimate of drug-likeness (QED) is 0.930. The molecule has 1 heterocycles. The van der Waals surface area contributed by atoms with Gasteiger partial charge >= 0.3 is 0 Å². The van der Waals surface area contributed by atoms with Crippen LogP contribution < -0.4 is 0 Å². The molecule has 0 spiro atoms. The van der Waals surface area contributed by atoms with E-state index >= 15 is 0 Å². The molecule has 0 bridgehead atoms. The number of aryl methyl sites for hydroxylation is 3. The molecule has 0 radical (unpaired) electrons. The van der Waals surface area contributed by atoms with Crippen LogP contribution in [0.5, 0.6) is 0 Å². The van der Waals surface area contributed by atoms with E-state index in [-0.39, 0.29) is 0 Å². The third-order valence-corrected chi connectivity index (χ3v) is 3.99. The summed E-state index contributed by atoms with van der Waals surface area (Å²) in [5.74, 6) is 0. The topological polar surface area (TPSA) is 38.0 Å². The molecular weight excluding hydrogens is 304 g/mol. The number of aromatic nitrogens is 2. The lowest BCUT2D eigenvalue weighted by atomic mass is 10.0. The van der Waals surface area contributed by atoms with Gasteiger partial charge in [-0.3, -0.25) is 4.68 Å². The Kier molecular flexibility index (Phi) is 4.42. The van der Waals surface area contributed by atoms with Crippen molar-refractivity contribution < 1.29 is 5.11 Å². The van der Waals surface area contributed by atoms with Crippen LogP contribution in [0.2, 0.25) is 0 Å². The number of halogens is 1. The first kappa shape index (κ1) is 14.3. The highest BCUT2D eigenvalue weighted by Gasteiger charge is 2.19. The van der Waals surface area contributed by atoms with Crippen LogP contribution in [0.4, 0.5) is 0 Å². The van der Waals surface area contributed by atoms with Crippen molar-refractivity contribution >= 4 is 15.9 Å². The van der Waals surface area contributed by atoms with Gasteiger partial charge < -0.3 is 5.11 Å². The first-order valence-electron chi connectivity index (χ1n) is 6.51. The van der Waals surface area contributed by atoms with Crippen molar-refractivity contribution in [2.45, 2.75) is 39.8 Å². The molecule has 2 rings (SSSR count). The molecule has 0 aliphatic carbocycles. The van der Waals surface area contributed by atoms with Crippen molar-refractivity contribution in [1.29, 1.82) is 0 Å². The van der Waals surface area contributed by atoms with Crippen molar-refractivity contribution in [2.24, 2.45) is 0 Å². The second-order valence-electron chi connectivity index (χ2n) is 4.85. The summed E-state index contributed by atoms with van der Waals surface area (Å²) in [4.78, 5) is 0. The zero-order valence-corrected chi connectivity index (χ0v) is 13.1. The normalized spacial score (nSPS) is 12.7. The molecule has 102 valence electrons. The van der Waals surface area contributed by atoms with E-state index in [1.807, 2.05) is 22.9 Å². The molecule has 19 heavy (non-hydrogen) atoms. The van der Waals surface area contributed by atoms with Gasteiger partial charge in [0.05, 0.1) is 16.4 Å². The van der Waals surface area contributed by atoms with Crippen molar-refractivity contribution in [2.75, 3.05) is 0 Å². The summed E-state index contributed by atoms with van der Waals surface area (Å²) in [5, 5.41) is 14.9. The zero-order chi connectivity index (χ0) is 14.0. The fourth-order valence-electron chi connectivity index (χ4n) is 2.13. The molecular formula is C15H19BrN2O. The van der Waals surface area contributed by atoms with Gasteiger partial charge in [-0.2, -0.15) is 5.10 Å². The predicted molar refractivity (Wildman–Crippen MR) is 80.2 cm³/mol. The molecule has 1 atom stereocenters. The van der Waals surface area contributed by atoms with Crippen molar-refractivity contribution in [1.82, 2.24) is 9.78 Å². The molecule has 0 aliphatic heterocycles. The number of aliphatic hydroxyl groups is 1. The van der Waals surface area contributed by atoms with Gasteiger partial charge in [0.15, 0.2) is 0 Å². The Labute approximate surface area is 122 Å². The molecule has 0 aliphatic rings. The summed E-state index contributed by atoms with van der Waals surface area (Å²) >= 11 is 3.47. The van der Waals surface area contributed by atoms with E-state index in [9.17, 15) is 5.11 Å². The van der Waals surface area contributed by atoms with Gasteiger partial charge in [0, 0.05) is 6.54 Å². The maximum atomic E-state index is 10.6. The first-order chi connectivity index (χ1) is 9.04. The van der Waals surface area contributed by atoms with E-state index in [1.165, 1.54) is 11.1 Å². The van der Waals surface area contributed by atoms with E-state index in [1.54, 1.807) is 6.20 Å². The van der Waals surface area contributed by atoms with Crippen LogP contribution in [-0.4, -0.2) is 14.9 Å². The molecule has 1 aromatic heterocycles. The molecule has 0 fully saturated rings. The molecule has 3 nitrogen and oxygen atoms in total. The average Bonchev–Trinajstić information content (AvgIpc) is 2.74. The SMILES string of the molecule is CCCn1ncc(Br)c1C(O)c1ccc(C)c(C)c1. The van der Waals surface area contributed by atoms with E-state index in [0.717, 1.165) is 28.7 Å².